The van der Waals surface area contributed by atoms with E-state index in [2.05, 4.69) is 29.2 Å². The second kappa shape index (κ2) is 11.9. The smallest absolute Gasteiger partial charge is 0.303 e. The third-order valence-corrected chi connectivity index (χ3v) is 7.80. The summed E-state index contributed by atoms with van der Waals surface area (Å²) in [6.07, 6.45) is 3.41. The Bertz CT molecular complexity index is 1690. The highest BCUT2D eigenvalue weighted by Crippen LogP contribution is 2.40. The molecular formula is C32H32N4O7. The van der Waals surface area contributed by atoms with Crippen LogP contribution >= 0.6 is 0 Å². The Hall–Kier alpha value is -4.64. The number of esters is 3. The van der Waals surface area contributed by atoms with Gasteiger partial charge in [0.2, 0.25) is 0 Å². The largest absolute Gasteiger partial charge is 0.463 e. The summed E-state index contributed by atoms with van der Waals surface area (Å²) in [5, 5.41) is 0. The number of aryl methyl sites for hydroxylation is 2. The van der Waals surface area contributed by atoms with E-state index in [-0.39, 0.29) is 6.61 Å². The molecule has 3 heterocycles. The lowest BCUT2D eigenvalue weighted by Crippen LogP contribution is -2.40. The fourth-order valence-electron chi connectivity index (χ4n) is 5.99. The lowest BCUT2D eigenvalue weighted by Gasteiger charge is -2.23. The van der Waals surface area contributed by atoms with Crippen molar-refractivity contribution < 1.29 is 33.3 Å². The number of nitrogens with zero attached hydrogens (tertiary/aromatic N) is 4. The molecule has 0 N–H and O–H groups in total. The zero-order valence-corrected chi connectivity index (χ0v) is 24.2. The second-order valence-electron chi connectivity index (χ2n) is 10.8. The molecule has 6 rings (SSSR count). The number of carbonyl (C=O) groups is 3. The summed E-state index contributed by atoms with van der Waals surface area (Å²) in [5.74, 6) is -1.72. The highest BCUT2D eigenvalue weighted by molar-refractivity contribution is 5.94. The van der Waals surface area contributed by atoms with Crippen LogP contribution < -0.4 is 0 Å². The summed E-state index contributed by atoms with van der Waals surface area (Å²) < 4.78 is 24.2. The van der Waals surface area contributed by atoms with Crippen molar-refractivity contribution in [3.05, 3.63) is 66.2 Å². The van der Waals surface area contributed by atoms with E-state index in [1.54, 1.807) is 10.9 Å². The minimum Gasteiger partial charge on any atom is -0.463 e. The van der Waals surface area contributed by atoms with E-state index < -0.39 is 42.4 Å². The molecule has 0 amide bonds. The van der Waals surface area contributed by atoms with Crippen molar-refractivity contribution in [1.82, 2.24) is 19.5 Å². The van der Waals surface area contributed by atoms with Gasteiger partial charge in [0.05, 0.1) is 6.33 Å². The van der Waals surface area contributed by atoms with E-state index in [9.17, 15) is 14.4 Å². The summed E-state index contributed by atoms with van der Waals surface area (Å²) in [7, 11) is 0. The molecule has 4 atom stereocenters. The normalized spacial score (nSPS) is 21.3. The van der Waals surface area contributed by atoms with Crippen LogP contribution in [0.4, 0.5) is 0 Å². The number of rotatable bonds is 7. The molecule has 11 nitrogen and oxygen atoms in total. The molecule has 2 aliphatic rings. The number of hydrogen-bond acceptors (Lipinski definition) is 10. The predicted molar refractivity (Wildman–Crippen MR) is 154 cm³/mol. The lowest BCUT2D eigenvalue weighted by molar-refractivity contribution is -0.166. The summed E-state index contributed by atoms with van der Waals surface area (Å²) in [4.78, 5) is 49.7. The summed E-state index contributed by atoms with van der Waals surface area (Å²) in [6.45, 7) is 3.57. The van der Waals surface area contributed by atoms with Crippen LogP contribution in [0.3, 0.4) is 0 Å². The van der Waals surface area contributed by atoms with E-state index in [1.165, 1.54) is 44.6 Å². The minimum absolute atomic E-state index is 0.204. The maximum Gasteiger partial charge on any atom is 0.303 e. The fraction of sp³-hybridized carbons (Fsp3) is 0.375. The first kappa shape index (κ1) is 28.5. The number of hydrogen-bond donors (Lipinski definition) is 0. The molecule has 11 heteroatoms. The molecule has 0 unspecified atom stereocenters. The summed E-state index contributed by atoms with van der Waals surface area (Å²) >= 11 is 0. The van der Waals surface area contributed by atoms with Crippen molar-refractivity contribution in [1.29, 1.82) is 0 Å². The van der Waals surface area contributed by atoms with Crippen molar-refractivity contribution in [2.75, 3.05) is 6.61 Å². The number of fused-ring (bicyclic) bond motifs is 2. The first-order valence-electron chi connectivity index (χ1n) is 14.3. The zero-order valence-electron chi connectivity index (χ0n) is 24.2. The molecule has 0 radical (unpaired) electrons. The van der Waals surface area contributed by atoms with Gasteiger partial charge in [-0.05, 0) is 54.0 Å². The summed E-state index contributed by atoms with van der Waals surface area (Å²) in [5.41, 5.74) is 7.37. The monoisotopic (exact) mass is 584 g/mol. The third kappa shape index (κ3) is 5.72. The van der Waals surface area contributed by atoms with Crippen LogP contribution in [0, 0.1) is 0 Å². The van der Waals surface area contributed by atoms with Gasteiger partial charge < -0.3 is 18.9 Å². The first-order valence-corrected chi connectivity index (χ1v) is 14.3. The van der Waals surface area contributed by atoms with Crippen molar-refractivity contribution in [2.24, 2.45) is 0 Å². The third-order valence-electron chi connectivity index (χ3n) is 7.80. The van der Waals surface area contributed by atoms with Crippen molar-refractivity contribution >= 4 is 29.1 Å². The van der Waals surface area contributed by atoms with Crippen LogP contribution in [0.25, 0.3) is 33.5 Å². The van der Waals surface area contributed by atoms with E-state index in [0.29, 0.717) is 16.9 Å². The van der Waals surface area contributed by atoms with Gasteiger partial charge in [-0.2, -0.15) is 0 Å². The Balaban J connectivity index is 1.46. The highest BCUT2D eigenvalue weighted by Gasteiger charge is 2.51. The summed E-state index contributed by atoms with van der Waals surface area (Å²) in [6, 6.07) is 14.7. The molecule has 0 bridgehead atoms. The van der Waals surface area contributed by atoms with Gasteiger partial charge in [-0.3, -0.25) is 19.0 Å². The van der Waals surface area contributed by atoms with Gasteiger partial charge in [-0.15, -0.1) is 0 Å². The number of imidazole rings is 1. The molecule has 1 aliphatic carbocycles. The van der Waals surface area contributed by atoms with Crippen LogP contribution in [0.2, 0.25) is 0 Å². The Kier molecular flexibility index (Phi) is 7.90. The van der Waals surface area contributed by atoms with Gasteiger partial charge >= 0.3 is 17.9 Å². The van der Waals surface area contributed by atoms with Gasteiger partial charge in [-0.1, -0.05) is 36.4 Å². The fourth-order valence-corrected chi connectivity index (χ4v) is 5.99. The average molecular weight is 585 g/mol. The molecule has 2 aromatic heterocycles. The molecule has 0 saturated carbocycles. The molecule has 1 aliphatic heterocycles. The Morgan fingerprint density at radius 1 is 0.860 bits per heavy atom. The Morgan fingerprint density at radius 2 is 1.53 bits per heavy atom. The lowest BCUT2D eigenvalue weighted by atomic mass is 9.85. The van der Waals surface area contributed by atoms with Gasteiger partial charge in [0.25, 0.3) is 0 Å². The maximum absolute atomic E-state index is 12.2. The van der Waals surface area contributed by atoms with Gasteiger partial charge in [0.15, 0.2) is 24.1 Å². The molecular weight excluding hydrogens is 552 g/mol. The van der Waals surface area contributed by atoms with Gasteiger partial charge in [0.1, 0.15) is 30.2 Å². The van der Waals surface area contributed by atoms with Crippen LogP contribution in [0.5, 0.6) is 0 Å². The van der Waals surface area contributed by atoms with Gasteiger partial charge in [-0.25, -0.2) is 15.0 Å². The second-order valence-corrected chi connectivity index (χ2v) is 10.8. The van der Waals surface area contributed by atoms with Crippen molar-refractivity contribution in [2.45, 2.75) is 71.0 Å². The van der Waals surface area contributed by atoms with E-state index in [0.717, 1.165) is 36.0 Å². The SMILES string of the molecule is CC(=O)OC[C@H]1O[C@@H](n2cnc3c(-c4cc5c(cc4-c4ccccc4)CCCC5)ncnc32)[C@H](OC(C)=O)[C@@H]1OC(C)=O. The van der Waals surface area contributed by atoms with Crippen molar-refractivity contribution in [3.63, 3.8) is 0 Å². The Labute approximate surface area is 248 Å². The number of aromatic nitrogens is 4. The molecule has 43 heavy (non-hydrogen) atoms. The van der Waals surface area contributed by atoms with Crippen molar-refractivity contribution in [3.8, 4) is 22.4 Å². The molecule has 2 aromatic carbocycles. The van der Waals surface area contributed by atoms with Crippen LogP contribution in [-0.4, -0.2) is 62.3 Å². The molecule has 0 spiro atoms. The molecule has 1 saturated heterocycles. The van der Waals surface area contributed by atoms with E-state index >= 15 is 0 Å². The quantitative estimate of drug-likeness (QED) is 0.228. The zero-order chi connectivity index (χ0) is 30.1. The molecule has 1 fully saturated rings. The standard InChI is InChI=1S/C32H32N4O7/c1-18(37)40-15-26-29(41-19(2)38)30(42-20(3)39)32(43-26)36-17-35-28-27(33-16-34-31(28)36)25-14-23-12-8-7-11-22(23)13-24(25)21-9-5-4-6-10-21/h4-6,9-10,13-14,16-17,26,29-30,32H,7-8,11-12,15H2,1-3H3/t26-,29-,30-,32-/m1/s1. The average Bonchev–Trinajstić information content (AvgIpc) is 3.56. The van der Waals surface area contributed by atoms with Gasteiger partial charge in [0, 0.05) is 26.3 Å². The van der Waals surface area contributed by atoms with E-state index in [1.807, 2.05) is 18.2 Å². The maximum atomic E-state index is 12.2. The minimum atomic E-state index is -1.05. The topological polar surface area (TPSA) is 132 Å². The van der Waals surface area contributed by atoms with E-state index in [4.69, 9.17) is 28.9 Å². The highest BCUT2D eigenvalue weighted by atomic mass is 16.7. The number of benzene rings is 2. The molecule has 4 aromatic rings. The van der Waals surface area contributed by atoms with Crippen LogP contribution in [0.1, 0.15) is 51.0 Å². The molecule has 222 valence electrons. The Morgan fingerprint density at radius 3 is 2.21 bits per heavy atom. The van der Waals surface area contributed by atoms with Crippen LogP contribution in [0.15, 0.2) is 55.1 Å². The number of ether oxygens (including phenoxy) is 4. The predicted octanol–water partition coefficient (Wildman–Crippen LogP) is 4.36. The number of carbonyl (C=O) groups excluding carboxylic acids is 3. The first-order chi connectivity index (χ1) is 20.8. The van der Waals surface area contributed by atoms with Crippen LogP contribution in [-0.2, 0) is 46.2 Å².